The summed E-state index contributed by atoms with van der Waals surface area (Å²) in [4.78, 5) is 12.6. The van der Waals surface area contributed by atoms with Crippen molar-refractivity contribution in [3.63, 3.8) is 0 Å². The van der Waals surface area contributed by atoms with Gasteiger partial charge in [-0.1, -0.05) is 42.5 Å². The van der Waals surface area contributed by atoms with Gasteiger partial charge in [0.2, 0.25) is 0 Å². The zero-order valence-electron chi connectivity index (χ0n) is 15.3. The van der Waals surface area contributed by atoms with Crippen molar-refractivity contribution >= 4 is 33.1 Å². The second kappa shape index (κ2) is 8.21. The maximum Gasteiger partial charge on any atom is 0.348 e. The van der Waals surface area contributed by atoms with Gasteiger partial charge in [-0.2, -0.15) is 5.26 Å². The molecule has 0 radical (unpaired) electrons. The minimum absolute atomic E-state index is 0.0267. The maximum atomic E-state index is 12.2. The molecule has 3 N–H and O–H groups in total. The van der Waals surface area contributed by atoms with E-state index < -0.39 is 5.97 Å². The third kappa shape index (κ3) is 3.80. The lowest BCUT2D eigenvalue weighted by atomic mass is 9.99. The fourth-order valence-electron chi connectivity index (χ4n) is 3.13. The SMILES string of the molecule is CCOC(=O)c1sc(N)c(C#N)c1CN[C@@H](C)c1cccc2ccccc12. The van der Waals surface area contributed by atoms with Crippen LogP contribution in [0.2, 0.25) is 0 Å². The molecule has 0 saturated heterocycles. The molecular formula is C21H21N3O2S. The summed E-state index contributed by atoms with van der Waals surface area (Å²) < 4.78 is 5.11. The number of thiophene rings is 1. The molecule has 0 fully saturated rings. The van der Waals surface area contributed by atoms with Crippen LogP contribution in [0.5, 0.6) is 0 Å². The van der Waals surface area contributed by atoms with Gasteiger partial charge < -0.3 is 15.8 Å². The number of hydrogen-bond donors (Lipinski definition) is 2. The Morgan fingerprint density at radius 2 is 2.04 bits per heavy atom. The zero-order chi connectivity index (χ0) is 19.4. The molecule has 3 aromatic rings. The number of esters is 1. The Labute approximate surface area is 162 Å². The number of nitriles is 1. The first-order chi connectivity index (χ1) is 13.1. The summed E-state index contributed by atoms with van der Waals surface area (Å²) in [6.07, 6.45) is 0. The highest BCUT2D eigenvalue weighted by atomic mass is 32.1. The van der Waals surface area contributed by atoms with Gasteiger partial charge in [-0.05, 0) is 30.2 Å². The van der Waals surface area contributed by atoms with Crippen LogP contribution >= 0.6 is 11.3 Å². The third-order valence-electron chi connectivity index (χ3n) is 4.48. The molecule has 6 heteroatoms. The molecule has 0 amide bonds. The summed E-state index contributed by atoms with van der Waals surface area (Å²) in [5.74, 6) is -0.440. The highest BCUT2D eigenvalue weighted by molar-refractivity contribution is 7.18. The van der Waals surface area contributed by atoms with Crippen molar-refractivity contribution in [3.05, 3.63) is 64.0 Å². The summed E-state index contributed by atoms with van der Waals surface area (Å²) >= 11 is 1.10. The topological polar surface area (TPSA) is 88.1 Å². The van der Waals surface area contributed by atoms with Gasteiger partial charge in [0.05, 0.1) is 12.2 Å². The second-order valence-electron chi connectivity index (χ2n) is 6.15. The first kappa shape index (κ1) is 18.9. The molecule has 0 aliphatic rings. The van der Waals surface area contributed by atoms with Gasteiger partial charge in [0.1, 0.15) is 15.9 Å². The van der Waals surface area contributed by atoms with Crippen LogP contribution in [0.1, 0.15) is 46.3 Å². The summed E-state index contributed by atoms with van der Waals surface area (Å²) in [6, 6.07) is 16.5. The molecule has 5 nitrogen and oxygen atoms in total. The Hall–Kier alpha value is -2.88. The van der Waals surface area contributed by atoms with Crippen molar-refractivity contribution in [2.75, 3.05) is 12.3 Å². The van der Waals surface area contributed by atoms with E-state index in [0.29, 0.717) is 27.5 Å². The second-order valence-corrected chi connectivity index (χ2v) is 7.20. The first-order valence-electron chi connectivity index (χ1n) is 8.76. The number of carbonyl (C=O) groups excluding carboxylic acids is 1. The average Bonchev–Trinajstić information content (AvgIpc) is 3.01. The minimum atomic E-state index is -0.440. The van der Waals surface area contributed by atoms with Gasteiger partial charge in [0.25, 0.3) is 0 Å². The molecule has 27 heavy (non-hydrogen) atoms. The zero-order valence-corrected chi connectivity index (χ0v) is 16.1. The largest absolute Gasteiger partial charge is 0.462 e. The lowest BCUT2D eigenvalue weighted by Gasteiger charge is -2.17. The molecule has 0 spiro atoms. The van der Waals surface area contributed by atoms with E-state index >= 15 is 0 Å². The van der Waals surface area contributed by atoms with Crippen LogP contribution in [0.3, 0.4) is 0 Å². The number of rotatable bonds is 6. The lowest BCUT2D eigenvalue weighted by molar-refractivity contribution is 0.0530. The predicted octanol–water partition coefficient (Wildman–Crippen LogP) is 4.38. The van der Waals surface area contributed by atoms with E-state index in [-0.39, 0.29) is 12.6 Å². The number of benzene rings is 2. The van der Waals surface area contributed by atoms with E-state index in [0.717, 1.165) is 16.9 Å². The van der Waals surface area contributed by atoms with Crippen LogP contribution in [0.4, 0.5) is 5.00 Å². The van der Waals surface area contributed by atoms with Crippen LogP contribution in [0, 0.1) is 11.3 Å². The third-order valence-corrected chi connectivity index (χ3v) is 5.52. The van der Waals surface area contributed by atoms with E-state index in [1.165, 1.54) is 10.8 Å². The monoisotopic (exact) mass is 379 g/mol. The van der Waals surface area contributed by atoms with Crippen molar-refractivity contribution in [1.29, 1.82) is 5.26 Å². The van der Waals surface area contributed by atoms with Crippen molar-refractivity contribution in [3.8, 4) is 6.07 Å². The number of nitrogens with zero attached hydrogens (tertiary/aromatic N) is 1. The number of nitrogen functional groups attached to an aromatic ring is 1. The predicted molar refractivity (Wildman–Crippen MR) is 109 cm³/mol. The summed E-state index contributed by atoms with van der Waals surface area (Å²) in [6.45, 7) is 4.45. The molecule has 1 aromatic heterocycles. The number of nitrogens with two attached hydrogens (primary N) is 1. The van der Waals surface area contributed by atoms with E-state index in [9.17, 15) is 10.1 Å². The van der Waals surface area contributed by atoms with E-state index in [2.05, 4.69) is 42.6 Å². The van der Waals surface area contributed by atoms with Gasteiger partial charge in [0.15, 0.2) is 0 Å². The van der Waals surface area contributed by atoms with Crippen LogP contribution in [-0.2, 0) is 11.3 Å². The van der Waals surface area contributed by atoms with Gasteiger partial charge in [-0.15, -0.1) is 11.3 Å². The highest BCUT2D eigenvalue weighted by Gasteiger charge is 2.23. The van der Waals surface area contributed by atoms with Gasteiger partial charge in [-0.25, -0.2) is 4.79 Å². The molecule has 1 heterocycles. The Morgan fingerprint density at radius 1 is 1.30 bits per heavy atom. The first-order valence-corrected chi connectivity index (χ1v) is 9.57. The normalized spacial score (nSPS) is 11.9. The molecular weight excluding hydrogens is 358 g/mol. The molecule has 0 unspecified atom stereocenters. The van der Waals surface area contributed by atoms with E-state index in [1.807, 2.05) is 18.2 Å². The van der Waals surface area contributed by atoms with Crippen LogP contribution in [0.15, 0.2) is 42.5 Å². The number of hydrogen-bond acceptors (Lipinski definition) is 6. The number of anilines is 1. The van der Waals surface area contributed by atoms with Gasteiger partial charge in [-0.3, -0.25) is 0 Å². The van der Waals surface area contributed by atoms with Gasteiger partial charge >= 0.3 is 5.97 Å². The van der Waals surface area contributed by atoms with Crippen LogP contribution in [-0.4, -0.2) is 12.6 Å². The minimum Gasteiger partial charge on any atom is -0.462 e. The van der Waals surface area contributed by atoms with Crippen molar-refractivity contribution in [1.82, 2.24) is 5.32 Å². The fraction of sp³-hybridized carbons (Fsp3) is 0.238. The van der Waals surface area contributed by atoms with Crippen molar-refractivity contribution < 1.29 is 9.53 Å². The number of fused-ring (bicyclic) bond motifs is 1. The van der Waals surface area contributed by atoms with E-state index in [4.69, 9.17) is 10.5 Å². The molecule has 0 saturated carbocycles. The number of ether oxygens (including phenoxy) is 1. The smallest absolute Gasteiger partial charge is 0.348 e. The summed E-state index contributed by atoms with van der Waals surface area (Å²) in [5, 5.41) is 15.6. The van der Waals surface area contributed by atoms with Crippen LogP contribution < -0.4 is 11.1 Å². The standard InChI is InChI=1S/C21H21N3O2S/c1-3-26-21(25)19-18(17(11-22)20(23)27-19)12-24-13(2)15-10-6-8-14-7-4-5-9-16(14)15/h4-10,13,24H,3,12,23H2,1-2H3/t13-/m0/s1. The Kier molecular flexibility index (Phi) is 5.75. The molecule has 0 aliphatic heterocycles. The van der Waals surface area contributed by atoms with Crippen molar-refractivity contribution in [2.45, 2.75) is 26.4 Å². The van der Waals surface area contributed by atoms with Crippen LogP contribution in [0.25, 0.3) is 10.8 Å². The number of nitrogens with one attached hydrogen (secondary N) is 1. The Morgan fingerprint density at radius 3 is 2.78 bits per heavy atom. The fourth-order valence-corrected chi connectivity index (χ4v) is 4.06. The summed E-state index contributed by atoms with van der Waals surface area (Å²) in [7, 11) is 0. The molecule has 3 rings (SSSR count). The maximum absolute atomic E-state index is 12.2. The van der Waals surface area contributed by atoms with Crippen molar-refractivity contribution in [2.24, 2.45) is 0 Å². The molecule has 0 aliphatic carbocycles. The lowest BCUT2D eigenvalue weighted by Crippen LogP contribution is -2.20. The van der Waals surface area contributed by atoms with Gasteiger partial charge in [0, 0.05) is 18.2 Å². The average molecular weight is 379 g/mol. The molecule has 138 valence electrons. The molecule has 2 aromatic carbocycles. The highest BCUT2D eigenvalue weighted by Crippen LogP contribution is 2.32. The Balaban J connectivity index is 1.88. The molecule has 1 atom stereocenters. The quantitative estimate of drug-likeness (QED) is 0.621. The number of carbonyl (C=O) groups is 1. The molecule has 0 bridgehead atoms. The van der Waals surface area contributed by atoms with E-state index in [1.54, 1.807) is 6.92 Å². The Bertz CT molecular complexity index is 1010. The summed E-state index contributed by atoms with van der Waals surface area (Å²) in [5.41, 5.74) is 8.05.